The Kier molecular flexibility index (Phi) is 7.77. The molecule has 0 saturated carbocycles. The van der Waals surface area contributed by atoms with Crippen LogP contribution in [-0.2, 0) is 6.42 Å². The van der Waals surface area contributed by atoms with Gasteiger partial charge in [0.05, 0.1) is 21.3 Å². The summed E-state index contributed by atoms with van der Waals surface area (Å²) in [6.45, 7) is 3.60. The van der Waals surface area contributed by atoms with Crippen LogP contribution in [0.2, 0.25) is 10.0 Å². The van der Waals surface area contributed by atoms with E-state index < -0.39 is 18.1 Å². The van der Waals surface area contributed by atoms with Crippen molar-refractivity contribution in [2.24, 2.45) is 0 Å². The fourth-order valence-corrected chi connectivity index (χ4v) is 3.73. The van der Waals surface area contributed by atoms with Gasteiger partial charge in [-0.1, -0.05) is 41.4 Å². The van der Waals surface area contributed by atoms with Gasteiger partial charge >= 0.3 is 6.03 Å². The molecule has 1 aromatic heterocycles. The van der Waals surface area contributed by atoms with E-state index in [9.17, 15) is 14.0 Å². The zero-order valence-corrected chi connectivity index (χ0v) is 17.0. The fraction of sp³-hybridized carbons (Fsp3) is 0.278. The maximum absolute atomic E-state index is 13.6. The van der Waals surface area contributed by atoms with Gasteiger partial charge in [-0.3, -0.25) is 15.4 Å². The number of allylic oxidation sites excluding steroid dienone is 2. The number of carbonyl (C=O) groups excluding carboxylic acids is 2. The molecule has 9 heteroatoms. The average Bonchev–Trinajstić information content (AvgIpc) is 2.92. The Morgan fingerprint density at radius 1 is 1.33 bits per heavy atom. The number of hydrogen-bond donors (Lipinski definition) is 2. The van der Waals surface area contributed by atoms with Gasteiger partial charge in [0.1, 0.15) is 6.17 Å². The van der Waals surface area contributed by atoms with E-state index in [1.54, 1.807) is 19.1 Å². The topological polar surface area (TPSA) is 71.1 Å². The van der Waals surface area contributed by atoms with Gasteiger partial charge < -0.3 is 0 Å². The first-order valence-corrected chi connectivity index (χ1v) is 9.68. The van der Waals surface area contributed by atoms with E-state index >= 15 is 0 Å². The van der Waals surface area contributed by atoms with Crippen LogP contribution in [0.25, 0.3) is 0 Å². The summed E-state index contributed by atoms with van der Waals surface area (Å²) in [6, 6.07) is 3.85. The van der Waals surface area contributed by atoms with Gasteiger partial charge in [0.2, 0.25) is 0 Å². The summed E-state index contributed by atoms with van der Waals surface area (Å²) in [5.74, 6) is -0.719. The molecule has 0 spiro atoms. The number of amides is 3. The van der Waals surface area contributed by atoms with E-state index in [0.717, 1.165) is 4.88 Å². The number of halogens is 3. The summed E-state index contributed by atoms with van der Waals surface area (Å²) in [7, 11) is 0. The maximum atomic E-state index is 13.6. The lowest BCUT2D eigenvalue weighted by molar-refractivity contribution is 0.0967. The van der Waals surface area contributed by atoms with E-state index in [-0.39, 0.29) is 15.6 Å². The molecule has 2 N–H and O–H groups in total. The van der Waals surface area contributed by atoms with Crippen molar-refractivity contribution >= 4 is 51.6 Å². The summed E-state index contributed by atoms with van der Waals surface area (Å²) in [6.07, 6.45) is 2.88. The number of urea groups is 1. The van der Waals surface area contributed by atoms with Crippen molar-refractivity contribution in [3.05, 3.63) is 56.5 Å². The zero-order valence-electron chi connectivity index (χ0n) is 14.7. The van der Waals surface area contributed by atoms with E-state index in [0.29, 0.717) is 23.7 Å². The minimum Gasteiger partial charge on any atom is -0.283 e. The number of rotatable bonds is 6. The first-order chi connectivity index (χ1) is 12.8. The van der Waals surface area contributed by atoms with Crippen molar-refractivity contribution in [3.8, 4) is 0 Å². The molecule has 0 aliphatic carbocycles. The molecule has 0 fully saturated rings. The summed E-state index contributed by atoms with van der Waals surface area (Å²) in [5.41, 5.74) is 0.730. The SMILES string of the molecule is C/C=C\C(F)CCc1nc(NC(=O)NC(=O)c2c(Cl)cccc2Cl)sc1C. The lowest BCUT2D eigenvalue weighted by Gasteiger charge is -2.07. The van der Waals surface area contributed by atoms with Gasteiger partial charge in [-0.15, -0.1) is 11.3 Å². The number of hydrogen-bond acceptors (Lipinski definition) is 4. The molecule has 0 aliphatic rings. The highest BCUT2D eigenvalue weighted by Gasteiger charge is 2.18. The Bertz CT molecular complexity index is 850. The second-order valence-corrected chi connectivity index (χ2v) is 7.62. The van der Waals surface area contributed by atoms with Crippen molar-refractivity contribution in [2.75, 3.05) is 5.32 Å². The minimum absolute atomic E-state index is 0.0185. The molecule has 0 aliphatic heterocycles. The Morgan fingerprint density at radius 3 is 2.63 bits per heavy atom. The number of thiazole rings is 1. The minimum atomic E-state index is -1.03. The van der Waals surface area contributed by atoms with Crippen molar-refractivity contribution in [1.82, 2.24) is 10.3 Å². The highest BCUT2D eigenvalue weighted by atomic mass is 35.5. The van der Waals surface area contributed by atoms with Gasteiger partial charge in [-0.2, -0.15) is 0 Å². The molecule has 2 rings (SSSR count). The summed E-state index contributed by atoms with van der Waals surface area (Å²) in [5, 5.41) is 5.26. The molecule has 1 atom stereocenters. The van der Waals surface area contributed by atoms with Crippen LogP contribution in [0, 0.1) is 6.92 Å². The van der Waals surface area contributed by atoms with Crippen LogP contribution in [-0.4, -0.2) is 23.1 Å². The number of nitrogens with one attached hydrogen (secondary N) is 2. The highest BCUT2D eigenvalue weighted by Crippen LogP contribution is 2.25. The van der Waals surface area contributed by atoms with Crippen LogP contribution in [0.1, 0.15) is 34.3 Å². The number of nitrogens with zero attached hydrogens (tertiary/aromatic N) is 1. The molecule has 0 saturated heterocycles. The molecule has 0 radical (unpaired) electrons. The Hall–Kier alpha value is -1.96. The molecule has 27 heavy (non-hydrogen) atoms. The molecule has 1 unspecified atom stereocenters. The largest absolute Gasteiger partial charge is 0.327 e. The average molecular weight is 430 g/mol. The van der Waals surface area contributed by atoms with Crippen LogP contribution in [0.15, 0.2) is 30.4 Å². The van der Waals surface area contributed by atoms with Crippen molar-refractivity contribution in [3.63, 3.8) is 0 Å². The van der Waals surface area contributed by atoms with Gasteiger partial charge in [0.25, 0.3) is 5.91 Å². The van der Waals surface area contributed by atoms with Gasteiger partial charge in [0, 0.05) is 4.88 Å². The molecular formula is C18H18Cl2FN3O2S. The second-order valence-electron chi connectivity index (χ2n) is 5.61. The van der Waals surface area contributed by atoms with E-state index in [4.69, 9.17) is 23.2 Å². The molecule has 5 nitrogen and oxygen atoms in total. The molecule has 2 aromatic rings. The Balaban J connectivity index is 1.98. The van der Waals surface area contributed by atoms with Gasteiger partial charge in [-0.25, -0.2) is 14.2 Å². The van der Waals surface area contributed by atoms with Crippen LogP contribution in [0.5, 0.6) is 0 Å². The smallest absolute Gasteiger partial charge is 0.283 e. The van der Waals surface area contributed by atoms with Crippen molar-refractivity contribution < 1.29 is 14.0 Å². The third-order valence-corrected chi connectivity index (χ3v) is 5.15. The number of carbonyl (C=O) groups is 2. The predicted octanol–water partition coefficient (Wildman–Crippen LogP) is 5.57. The molecule has 144 valence electrons. The van der Waals surface area contributed by atoms with E-state index in [1.807, 2.05) is 6.92 Å². The molecule has 1 heterocycles. The van der Waals surface area contributed by atoms with E-state index in [1.165, 1.54) is 29.5 Å². The third-order valence-electron chi connectivity index (χ3n) is 3.59. The number of anilines is 1. The first kappa shape index (κ1) is 21.3. The Morgan fingerprint density at radius 2 is 2.00 bits per heavy atom. The normalized spacial score (nSPS) is 12.2. The number of aromatic nitrogens is 1. The van der Waals surface area contributed by atoms with Crippen LogP contribution < -0.4 is 10.6 Å². The fourth-order valence-electron chi connectivity index (χ4n) is 2.30. The monoisotopic (exact) mass is 429 g/mol. The maximum Gasteiger partial charge on any atom is 0.327 e. The number of benzene rings is 1. The number of alkyl halides is 1. The zero-order chi connectivity index (χ0) is 20.0. The molecule has 1 aromatic carbocycles. The van der Waals surface area contributed by atoms with Gasteiger partial charge in [0.15, 0.2) is 5.13 Å². The highest BCUT2D eigenvalue weighted by molar-refractivity contribution is 7.15. The van der Waals surface area contributed by atoms with E-state index in [2.05, 4.69) is 15.6 Å². The second kappa shape index (κ2) is 9.82. The van der Waals surface area contributed by atoms with Crippen LogP contribution in [0.3, 0.4) is 0 Å². The predicted molar refractivity (Wildman–Crippen MR) is 108 cm³/mol. The standard InChI is InChI=1S/C18H18Cl2FN3O2S/c1-3-5-11(21)8-9-14-10(2)27-18(22-14)24-17(26)23-16(25)15-12(19)6-4-7-13(15)20/h3-7,11H,8-9H2,1-2H3,(H2,22,23,24,25,26)/b5-3-. The number of aryl methyl sites for hydroxylation is 2. The first-order valence-electron chi connectivity index (χ1n) is 8.11. The van der Waals surface area contributed by atoms with Crippen LogP contribution in [0.4, 0.5) is 14.3 Å². The van der Waals surface area contributed by atoms with Crippen molar-refractivity contribution in [2.45, 2.75) is 32.9 Å². The third kappa shape index (κ3) is 6.02. The lowest BCUT2D eigenvalue weighted by atomic mass is 10.1. The summed E-state index contributed by atoms with van der Waals surface area (Å²) in [4.78, 5) is 29.4. The molecule has 0 bridgehead atoms. The molecular weight excluding hydrogens is 412 g/mol. The van der Waals surface area contributed by atoms with Crippen molar-refractivity contribution in [1.29, 1.82) is 0 Å². The quantitative estimate of drug-likeness (QED) is 0.589. The Labute approximate surface area is 170 Å². The number of imide groups is 1. The van der Waals surface area contributed by atoms with Gasteiger partial charge in [-0.05, 0) is 38.8 Å². The summed E-state index contributed by atoms with van der Waals surface area (Å²) >= 11 is 13.2. The lowest BCUT2D eigenvalue weighted by Crippen LogP contribution is -2.34. The summed E-state index contributed by atoms with van der Waals surface area (Å²) < 4.78 is 13.6. The molecule has 3 amide bonds. The van der Waals surface area contributed by atoms with Crippen LogP contribution >= 0.6 is 34.5 Å².